The molecule has 3 N–H and O–H groups in total. The Morgan fingerprint density at radius 3 is 2.33 bits per heavy atom. The molecule has 0 aromatic carbocycles. The summed E-state index contributed by atoms with van der Waals surface area (Å²) in [6.07, 6.45) is 5.83. The summed E-state index contributed by atoms with van der Waals surface area (Å²) in [6, 6.07) is 3.06. The summed E-state index contributed by atoms with van der Waals surface area (Å²) in [5.41, 5.74) is 9.27. The van der Waals surface area contributed by atoms with Crippen molar-refractivity contribution in [3.63, 3.8) is 0 Å². The fraction of sp³-hybridized carbons (Fsp3) is 0.737. The quantitative estimate of drug-likeness (QED) is 0.869. The lowest BCUT2D eigenvalue weighted by atomic mass is 9.67. The molecule has 4 nitrogen and oxygen atoms in total. The normalized spacial score (nSPS) is 29.2. The highest BCUT2D eigenvalue weighted by atomic mass is 35.5. The smallest absolute Gasteiger partial charge is 0.253 e. The van der Waals surface area contributed by atoms with Crippen LogP contribution in [0, 0.1) is 25.7 Å². The van der Waals surface area contributed by atoms with E-state index >= 15 is 0 Å². The van der Waals surface area contributed by atoms with Crippen LogP contribution in [0.25, 0.3) is 0 Å². The van der Waals surface area contributed by atoms with Gasteiger partial charge in [-0.05, 0) is 71.3 Å². The van der Waals surface area contributed by atoms with Gasteiger partial charge < -0.3 is 15.6 Å². The van der Waals surface area contributed by atoms with Gasteiger partial charge in [0.05, 0.1) is 5.56 Å². The zero-order valence-corrected chi connectivity index (χ0v) is 16.2. The molecule has 136 valence electrons. The Bertz CT molecular complexity index is 582. The number of rotatable bonds is 3. The van der Waals surface area contributed by atoms with E-state index in [2.05, 4.69) is 37.6 Å². The van der Waals surface area contributed by atoms with E-state index in [0.717, 1.165) is 29.8 Å². The van der Waals surface area contributed by atoms with Gasteiger partial charge in [0.25, 0.3) is 5.91 Å². The minimum atomic E-state index is 0. The molecule has 1 aromatic rings. The van der Waals surface area contributed by atoms with Crippen LogP contribution in [0.2, 0.25) is 0 Å². The second kappa shape index (κ2) is 7.49. The van der Waals surface area contributed by atoms with Gasteiger partial charge in [-0.1, -0.05) is 6.42 Å². The molecule has 0 spiro atoms. The van der Waals surface area contributed by atoms with Crippen molar-refractivity contribution in [2.45, 2.75) is 77.9 Å². The van der Waals surface area contributed by atoms with Crippen LogP contribution in [-0.4, -0.2) is 22.6 Å². The Morgan fingerprint density at radius 2 is 1.83 bits per heavy atom. The number of nitrogens with one attached hydrogen (secondary N) is 1. The predicted molar refractivity (Wildman–Crippen MR) is 101 cm³/mol. The van der Waals surface area contributed by atoms with E-state index < -0.39 is 0 Å². The van der Waals surface area contributed by atoms with E-state index in [1.165, 1.54) is 19.3 Å². The summed E-state index contributed by atoms with van der Waals surface area (Å²) in [5.74, 6) is 1.23. The van der Waals surface area contributed by atoms with Crippen LogP contribution in [-0.2, 0) is 0 Å². The third kappa shape index (κ3) is 3.50. The van der Waals surface area contributed by atoms with Crippen LogP contribution in [0.1, 0.15) is 73.7 Å². The van der Waals surface area contributed by atoms with Crippen molar-refractivity contribution in [1.82, 2.24) is 9.88 Å². The Morgan fingerprint density at radius 1 is 1.25 bits per heavy atom. The first-order valence-corrected chi connectivity index (χ1v) is 9.13. The van der Waals surface area contributed by atoms with Gasteiger partial charge in [0.1, 0.15) is 0 Å². The van der Waals surface area contributed by atoms with E-state index in [1.54, 1.807) is 0 Å². The van der Waals surface area contributed by atoms with Crippen molar-refractivity contribution in [2.75, 3.05) is 0 Å². The number of aromatic nitrogens is 1. The van der Waals surface area contributed by atoms with Crippen molar-refractivity contribution in [3.8, 4) is 0 Å². The van der Waals surface area contributed by atoms with Gasteiger partial charge in [-0.3, -0.25) is 4.79 Å². The third-order valence-electron chi connectivity index (χ3n) is 5.92. The van der Waals surface area contributed by atoms with Crippen LogP contribution >= 0.6 is 12.4 Å². The summed E-state index contributed by atoms with van der Waals surface area (Å²) < 4.78 is 2.24. The molecule has 24 heavy (non-hydrogen) atoms. The summed E-state index contributed by atoms with van der Waals surface area (Å²) >= 11 is 0. The van der Waals surface area contributed by atoms with Crippen LogP contribution in [0.5, 0.6) is 0 Å². The topological polar surface area (TPSA) is 60.1 Å². The number of fused-ring (bicyclic) bond motifs is 2. The molecular formula is C19H32ClN3O. The van der Waals surface area contributed by atoms with Crippen molar-refractivity contribution >= 4 is 18.3 Å². The highest BCUT2D eigenvalue weighted by Crippen LogP contribution is 2.39. The molecule has 5 heteroatoms. The average molecular weight is 354 g/mol. The Kier molecular flexibility index (Phi) is 6.03. The van der Waals surface area contributed by atoms with Crippen LogP contribution < -0.4 is 11.1 Å². The highest BCUT2D eigenvalue weighted by molar-refractivity contribution is 5.96. The molecule has 2 fully saturated rings. The summed E-state index contributed by atoms with van der Waals surface area (Å²) in [6.45, 7) is 8.46. The zero-order chi connectivity index (χ0) is 16.7. The molecule has 1 amide bonds. The molecule has 2 bridgehead atoms. The number of hydrogen-bond donors (Lipinski definition) is 2. The van der Waals surface area contributed by atoms with Crippen LogP contribution in [0.3, 0.4) is 0 Å². The molecule has 3 rings (SSSR count). The van der Waals surface area contributed by atoms with Crippen molar-refractivity contribution < 1.29 is 4.79 Å². The summed E-state index contributed by atoms with van der Waals surface area (Å²) in [5, 5.41) is 3.37. The molecular weight excluding hydrogens is 322 g/mol. The average Bonchev–Trinajstić information content (AvgIpc) is 2.75. The lowest BCUT2D eigenvalue weighted by Crippen LogP contribution is -2.53. The van der Waals surface area contributed by atoms with Crippen molar-refractivity contribution in [2.24, 2.45) is 17.6 Å². The molecule has 2 atom stereocenters. The molecule has 1 heterocycles. The lowest BCUT2D eigenvalue weighted by molar-refractivity contribution is 0.0755. The van der Waals surface area contributed by atoms with E-state index in [1.807, 2.05) is 6.07 Å². The van der Waals surface area contributed by atoms with Crippen molar-refractivity contribution in [1.29, 1.82) is 0 Å². The maximum Gasteiger partial charge on any atom is 0.253 e. The SMILES string of the molecule is Cc1cc(C(=O)NC2C3CCCC2CC(N)C3)c(C)n1C(C)C.Cl. The van der Waals surface area contributed by atoms with Gasteiger partial charge in [0, 0.05) is 29.5 Å². The molecule has 2 saturated carbocycles. The van der Waals surface area contributed by atoms with Crippen molar-refractivity contribution in [3.05, 3.63) is 23.0 Å². The third-order valence-corrected chi connectivity index (χ3v) is 5.92. The molecule has 2 aliphatic rings. The first-order chi connectivity index (χ1) is 10.9. The maximum absolute atomic E-state index is 12.9. The van der Waals surface area contributed by atoms with Gasteiger partial charge in [0.15, 0.2) is 0 Å². The largest absolute Gasteiger partial charge is 0.349 e. The monoisotopic (exact) mass is 353 g/mol. The number of halogens is 1. The number of carbonyl (C=O) groups excluding carboxylic acids is 1. The van der Waals surface area contributed by atoms with Crippen LogP contribution in [0.15, 0.2) is 6.07 Å². The van der Waals surface area contributed by atoms with Gasteiger partial charge in [-0.25, -0.2) is 0 Å². The lowest BCUT2D eigenvalue weighted by Gasteiger charge is -2.45. The summed E-state index contributed by atoms with van der Waals surface area (Å²) in [4.78, 5) is 12.9. The van der Waals surface area contributed by atoms with Gasteiger partial charge in [0.2, 0.25) is 0 Å². The number of hydrogen-bond acceptors (Lipinski definition) is 2. The van der Waals surface area contributed by atoms with Gasteiger partial charge in [-0.2, -0.15) is 0 Å². The second-order valence-electron chi connectivity index (χ2n) is 7.93. The number of carbonyl (C=O) groups is 1. The fourth-order valence-electron chi connectivity index (χ4n) is 5.06. The Labute approximate surface area is 152 Å². The van der Waals surface area contributed by atoms with Gasteiger partial charge in [-0.15, -0.1) is 12.4 Å². The number of aryl methyl sites for hydroxylation is 1. The van der Waals surface area contributed by atoms with E-state index in [0.29, 0.717) is 30.0 Å². The van der Waals surface area contributed by atoms with Crippen LogP contribution in [0.4, 0.5) is 0 Å². The first kappa shape index (κ1) is 19.3. The molecule has 1 aromatic heterocycles. The molecule has 0 radical (unpaired) electrons. The maximum atomic E-state index is 12.9. The first-order valence-electron chi connectivity index (χ1n) is 9.13. The number of amides is 1. The number of nitrogens with two attached hydrogens (primary N) is 1. The predicted octanol–water partition coefficient (Wildman–Crippen LogP) is 3.74. The molecule has 2 unspecified atom stereocenters. The molecule has 0 aliphatic heterocycles. The molecule has 2 aliphatic carbocycles. The Balaban J connectivity index is 0.00000208. The standard InChI is InChI=1S/C19H31N3O.ClH/c1-11(2)22-12(3)8-17(13(22)4)19(23)21-18-14-6-5-7-15(18)10-16(20)9-14;/h8,11,14-16,18H,5-7,9-10,20H2,1-4H3,(H,21,23);1H. The minimum absolute atomic E-state index is 0. The second-order valence-corrected chi connectivity index (χ2v) is 7.93. The Hall–Kier alpha value is -1.000. The fourth-order valence-corrected chi connectivity index (χ4v) is 5.06. The molecule has 0 saturated heterocycles. The van der Waals surface area contributed by atoms with E-state index in [9.17, 15) is 4.79 Å². The zero-order valence-electron chi connectivity index (χ0n) is 15.3. The van der Waals surface area contributed by atoms with E-state index in [-0.39, 0.29) is 18.3 Å². The minimum Gasteiger partial charge on any atom is -0.349 e. The number of nitrogens with zero attached hydrogens (tertiary/aromatic N) is 1. The van der Waals surface area contributed by atoms with Gasteiger partial charge >= 0.3 is 0 Å². The van der Waals surface area contributed by atoms with E-state index in [4.69, 9.17) is 5.73 Å². The summed E-state index contributed by atoms with van der Waals surface area (Å²) in [7, 11) is 0. The highest BCUT2D eigenvalue weighted by Gasteiger charge is 2.40.